The van der Waals surface area contributed by atoms with E-state index in [0.29, 0.717) is 33.6 Å². The molecule has 0 bridgehead atoms. The summed E-state index contributed by atoms with van der Waals surface area (Å²) >= 11 is 2.88. The third-order valence-corrected chi connectivity index (χ3v) is 5.29. The molecule has 0 aliphatic rings. The molecule has 0 saturated carbocycles. The molecule has 2 aromatic heterocycles. The lowest BCUT2D eigenvalue weighted by atomic mass is 10.2. The van der Waals surface area contributed by atoms with Gasteiger partial charge >= 0.3 is 0 Å². The third kappa shape index (κ3) is 3.37. The van der Waals surface area contributed by atoms with Crippen molar-refractivity contribution in [2.45, 2.75) is 24.8 Å². The fourth-order valence-electron chi connectivity index (χ4n) is 2.10. The van der Waals surface area contributed by atoms with Crippen molar-refractivity contribution in [1.29, 1.82) is 0 Å². The Morgan fingerprint density at radius 1 is 1.35 bits per heavy atom. The van der Waals surface area contributed by atoms with E-state index < -0.39 is 0 Å². The molecule has 8 heteroatoms. The van der Waals surface area contributed by atoms with Crippen LogP contribution >= 0.6 is 23.1 Å². The van der Waals surface area contributed by atoms with Gasteiger partial charge in [-0.25, -0.2) is 4.98 Å². The summed E-state index contributed by atoms with van der Waals surface area (Å²) in [4.78, 5) is 17.1. The normalized spacial score (nSPS) is 11.1. The predicted molar refractivity (Wildman–Crippen MR) is 92.4 cm³/mol. The first-order valence-electron chi connectivity index (χ1n) is 7.14. The van der Waals surface area contributed by atoms with Crippen molar-refractivity contribution in [2.24, 2.45) is 7.05 Å². The van der Waals surface area contributed by atoms with Crippen molar-refractivity contribution in [2.75, 3.05) is 6.61 Å². The summed E-state index contributed by atoms with van der Waals surface area (Å²) in [5.41, 5.74) is 1.73. The highest BCUT2D eigenvalue weighted by molar-refractivity contribution is 7.98. The maximum absolute atomic E-state index is 12.5. The van der Waals surface area contributed by atoms with Gasteiger partial charge in [0.2, 0.25) is 0 Å². The number of nitrogens with zero attached hydrogens (tertiary/aromatic N) is 4. The minimum absolute atomic E-state index is 0.0338. The molecule has 0 spiro atoms. The van der Waals surface area contributed by atoms with Crippen molar-refractivity contribution in [3.05, 3.63) is 39.1 Å². The minimum atomic E-state index is -0.0338. The fraction of sp³-hybridized carbons (Fsp3) is 0.333. The van der Waals surface area contributed by atoms with E-state index >= 15 is 0 Å². The van der Waals surface area contributed by atoms with E-state index in [1.165, 1.54) is 23.1 Å². The van der Waals surface area contributed by atoms with E-state index in [9.17, 15) is 4.79 Å². The van der Waals surface area contributed by atoms with Crippen LogP contribution in [0.4, 0.5) is 0 Å². The lowest BCUT2D eigenvalue weighted by Gasteiger charge is -2.08. The molecule has 0 unspecified atom stereocenters. The van der Waals surface area contributed by atoms with Gasteiger partial charge in [-0.2, -0.15) is 0 Å². The molecule has 6 nitrogen and oxygen atoms in total. The van der Waals surface area contributed by atoms with Gasteiger partial charge < -0.3 is 4.74 Å². The van der Waals surface area contributed by atoms with Crippen LogP contribution in [0, 0.1) is 6.92 Å². The summed E-state index contributed by atoms with van der Waals surface area (Å²) in [7, 11) is 1.74. The number of aromatic nitrogens is 4. The highest BCUT2D eigenvalue weighted by Gasteiger charge is 2.11. The summed E-state index contributed by atoms with van der Waals surface area (Å²) in [5, 5.41) is 10.8. The topological polar surface area (TPSA) is 69.9 Å². The van der Waals surface area contributed by atoms with E-state index in [1.807, 2.05) is 32.0 Å². The van der Waals surface area contributed by atoms with Crippen LogP contribution in [-0.4, -0.2) is 26.4 Å². The molecule has 0 amide bonds. The zero-order valence-electron chi connectivity index (χ0n) is 13.1. The number of aryl methyl sites for hydroxylation is 1. The Hall–Kier alpha value is -1.93. The number of hydrogen-bond donors (Lipinski definition) is 0. The second-order valence-electron chi connectivity index (χ2n) is 4.96. The first-order chi connectivity index (χ1) is 11.1. The monoisotopic (exact) mass is 348 g/mol. The van der Waals surface area contributed by atoms with Crippen LogP contribution in [0.25, 0.3) is 10.9 Å². The van der Waals surface area contributed by atoms with E-state index in [2.05, 4.69) is 15.2 Å². The molecule has 3 aromatic rings. The Kier molecular flexibility index (Phi) is 4.63. The minimum Gasteiger partial charge on any atom is -0.469 e. The van der Waals surface area contributed by atoms with Gasteiger partial charge in [0.05, 0.1) is 23.3 Å². The summed E-state index contributed by atoms with van der Waals surface area (Å²) in [6.45, 7) is 4.45. The first kappa shape index (κ1) is 15.9. The number of thioether (sulfide) groups is 1. The van der Waals surface area contributed by atoms with E-state index in [0.717, 1.165) is 10.6 Å². The van der Waals surface area contributed by atoms with Gasteiger partial charge in [0.25, 0.3) is 10.8 Å². The summed E-state index contributed by atoms with van der Waals surface area (Å²) in [5.74, 6) is 0.600. The SMILES string of the molecule is CCOc1nnc(CSc2nc3ccc(C)cc3c(=O)n2C)s1. The Labute approximate surface area is 141 Å². The summed E-state index contributed by atoms with van der Waals surface area (Å²) in [6, 6.07) is 5.72. The third-order valence-electron chi connectivity index (χ3n) is 3.23. The highest BCUT2D eigenvalue weighted by atomic mass is 32.2. The molecule has 0 saturated heterocycles. The average Bonchev–Trinajstić information content (AvgIpc) is 2.98. The first-order valence-corrected chi connectivity index (χ1v) is 8.94. The van der Waals surface area contributed by atoms with Crippen molar-refractivity contribution in [3.63, 3.8) is 0 Å². The van der Waals surface area contributed by atoms with Gasteiger partial charge in [-0.15, -0.1) is 10.2 Å². The van der Waals surface area contributed by atoms with E-state index in [1.54, 1.807) is 11.6 Å². The standard InChI is InChI=1S/C15H16N4O2S2/c1-4-21-15-18-17-12(23-15)8-22-14-16-11-6-5-9(2)7-10(11)13(20)19(14)3/h5-7H,4,8H2,1-3H3. The van der Waals surface area contributed by atoms with E-state index in [4.69, 9.17) is 4.74 Å². The largest absolute Gasteiger partial charge is 0.469 e. The fourth-order valence-corrected chi connectivity index (χ4v) is 3.80. The molecule has 0 aliphatic carbocycles. The Balaban J connectivity index is 1.86. The molecule has 3 rings (SSSR count). The van der Waals surface area contributed by atoms with Crippen LogP contribution < -0.4 is 10.3 Å². The van der Waals surface area contributed by atoms with Crippen molar-refractivity contribution >= 4 is 34.0 Å². The molecule has 23 heavy (non-hydrogen) atoms. The van der Waals surface area contributed by atoms with Crippen LogP contribution in [0.2, 0.25) is 0 Å². The Morgan fingerprint density at radius 2 is 2.17 bits per heavy atom. The second-order valence-corrected chi connectivity index (χ2v) is 6.93. The summed E-state index contributed by atoms with van der Waals surface area (Å²) in [6.07, 6.45) is 0. The van der Waals surface area contributed by atoms with Crippen LogP contribution in [0.5, 0.6) is 5.19 Å². The maximum atomic E-state index is 12.5. The molecule has 1 aromatic carbocycles. The highest BCUT2D eigenvalue weighted by Crippen LogP contribution is 2.26. The van der Waals surface area contributed by atoms with Gasteiger partial charge in [0.1, 0.15) is 5.01 Å². The van der Waals surface area contributed by atoms with Crippen LogP contribution in [0.3, 0.4) is 0 Å². The van der Waals surface area contributed by atoms with Gasteiger partial charge in [-0.1, -0.05) is 34.7 Å². The molecule has 0 N–H and O–H groups in total. The number of benzene rings is 1. The lowest BCUT2D eigenvalue weighted by molar-refractivity contribution is 0.335. The molecule has 0 fully saturated rings. The number of ether oxygens (including phenoxy) is 1. The van der Waals surface area contributed by atoms with Crippen molar-refractivity contribution in [3.8, 4) is 5.19 Å². The Morgan fingerprint density at radius 3 is 2.96 bits per heavy atom. The smallest absolute Gasteiger partial charge is 0.294 e. The zero-order valence-corrected chi connectivity index (χ0v) is 14.7. The van der Waals surface area contributed by atoms with Gasteiger partial charge in [-0.3, -0.25) is 9.36 Å². The van der Waals surface area contributed by atoms with Crippen molar-refractivity contribution in [1.82, 2.24) is 19.7 Å². The average molecular weight is 348 g/mol. The number of hydrogen-bond acceptors (Lipinski definition) is 7. The van der Waals surface area contributed by atoms with Crippen molar-refractivity contribution < 1.29 is 4.74 Å². The number of fused-ring (bicyclic) bond motifs is 1. The molecule has 2 heterocycles. The van der Waals surface area contributed by atoms with Crippen LogP contribution in [-0.2, 0) is 12.8 Å². The molecule has 0 atom stereocenters. The summed E-state index contributed by atoms with van der Waals surface area (Å²) < 4.78 is 6.90. The molecule has 0 aliphatic heterocycles. The molecular formula is C15H16N4O2S2. The van der Waals surface area contributed by atoms with Gasteiger partial charge in [0.15, 0.2) is 5.16 Å². The quantitative estimate of drug-likeness (QED) is 0.522. The molecule has 120 valence electrons. The predicted octanol–water partition coefficient (Wildman–Crippen LogP) is 2.78. The second kappa shape index (κ2) is 6.67. The molecular weight excluding hydrogens is 332 g/mol. The number of rotatable bonds is 5. The van der Waals surface area contributed by atoms with Crippen LogP contribution in [0.15, 0.2) is 28.2 Å². The Bertz CT molecular complexity index is 904. The zero-order chi connectivity index (χ0) is 16.4. The van der Waals surface area contributed by atoms with E-state index in [-0.39, 0.29) is 5.56 Å². The van der Waals surface area contributed by atoms with Gasteiger partial charge in [-0.05, 0) is 26.0 Å². The van der Waals surface area contributed by atoms with Crippen LogP contribution in [0.1, 0.15) is 17.5 Å². The maximum Gasteiger partial charge on any atom is 0.294 e. The van der Waals surface area contributed by atoms with Gasteiger partial charge in [0, 0.05) is 7.05 Å². The lowest BCUT2D eigenvalue weighted by Crippen LogP contribution is -2.20. The molecule has 0 radical (unpaired) electrons.